The van der Waals surface area contributed by atoms with Crippen molar-refractivity contribution in [2.45, 2.75) is 0 Å². The molecule has 0 atom stereocenters. The summed E-state index contributed by atoms with van der Waals surface area (Å²) in [6, 6.07) is 10.4. The van der Waals surface area contributed by atoms with Gasteiger partial charge >= 0.3 is 0 Å². The lowest BCUT2D eigenvalue weighted by Gasteiger charge is -2.08. The van der Waals surface area contributed by atoms with Crippen LogP contribution in [0.3, 0.4) is 0 Å². The molecule has 0 saturated carbocycles. The monoisotopic (exact) mass is 328 g/mol. The molecule has 0 bridgehead atoms. The normalized spacial score (nSPS) is 10.3. The standard InChI is InChI=1S/C14H11BrF2O2/c15-10-2-1-3-13(6-10)18-4-5-19-14-8-11(16)7-12(17)9-14/h1-3,6-9H,4-5H2. The molecule has 0 spiro atoms. The van der Waals surface area contributed by atoms with E-state index >= 15 is 0 Å². The molecule has 0 aliphatic rings. The van der Waals surface area contributed by atoms with E-state index in [9.17, 15) is 8.78 Å². The molecule has 5 heteroatoms. The van der Waals surface area contributed by atoms with Crippen molar-refractivity contribution in [1.82, 2.24) is 0 Å². The molecular formula is C14H11BrF2O2. The molecule has 2 rings (SSSR count). The number of hydrogen-bond acceptors (Lipinski definition) is 2. The first-order valence-electron chi connectivity index (χ1n) is 5.61. The topological polar surface area (TPSA) is 18.5 Å². The van der Waals surface area contributed by atoms with Crippen LogP contribution < -0.4 is 9.47 Å². The van der Waals surface area contributed by atoms with Crippen LogP contribution in [-0.2, 0) is 0 Å². The first kappa shape index (κ1) is 13.8. The minimum absolute atomic E-state index is 0.148. The van der Waals surface area contributed by atoms with Crippen LogP contribution in [0.1, 0.15) is 0 Å². The highest BCUT2D eigenvalue weighted by atomic mass is 79.9. The Morgan fingerprint density at radius 1 is 0.842 bits per heavy atom. The minimum Gasteiger partial charge on any atom is -0.490 e. The summed E-state index contributed by atoms with van der Waals surface area (Å²) < 4.78 is 37.3. The summed E-state index contributed by atoms with van der Waals surface area (Å²) in [5.74, 6) is -0.482. The summed E-state index contributed by atoms with van der Waals surface area (Å²) >= 11 is 3.33. The van der Waals surface area contributed by atoms with Gasteiger partial charge < -0.3 is 9.47 Å². The number of benzene rings is 2. The van der Waals surface area contributed by atoms with Gasteiger partial charge in [0.1, 0.15) is 36.3 Å². The van der Waals surface area contributed by atoms with Crippen LogP contribution >= 0.6 is 15.9 Å². The fourth-order valence-electron chi connectivity index (χ4n) is 1.49. The van der Waals surface area contributed by atoms with Gasteiger partial charge in [0.2, 0.25) is 0 Å². The molecule has 19 heavy (non-hydrogen) atoms. The van der Waals surface area contributed by atoms with Gasteiger partial charge in [0.05, 0.1) is 0 Å². The van der Waals surface area contributed by atoms with Crippen LogP contribution in [0.5, 0.6) is 11.5 Å². The lowest BCUT2D eigenvalue weighted by molar-refractivity contribution is 0.216. The van der Waals surface area contributed by atoms with Crippen LogP contribution in [0.25, 0.3) is 0 Å². The highest BCUT2D eigenvalue weighted by Crippen LogP contribution is 2.18. The number of halogens is 3. The third kappa shape index (κ3) is 4.52. The smallest absolute Gasteiger partial charge is 0.129 e. The fraction of sp³-hybridized carbons (Fsp3) is 0.143. The Bertz CT molecular complexity index is 541. The first-order valence-corrected chi connectivity index (χ1v) is 6.40. The molecule has 0 fully saturated rings. The van der Waals surface area contributed by atoms with Crippen molar-refractivity contribution in [3.05, 3.63) is 58.6 Å². The van der Waals surface area contributed by atoms with E-state index < -0.39 is 11.6 Å². The van der Waals surface area contributed by atoms with Crippen molar-refractivity contribution in [2.75, 3.05) is 13.2 Å². The predicted octanol–water partition coefficient (Wildman–Crippen LogP) is 4.19. The average Bonchev–Trinajstić information content (AvgIpc) is 2.34. The average molecular weight is 329 g/mol. The second-order valence-corrected chi connectivity index (χ2v) is 4.68. The van der Waals surface area contributed by atoms with E-state index in [0.29, 0.717) is 5.75 Å². The van der Waals surface area contributed by atoms with E-state index in [4.69, 9.17) is 9.47 Å². The molecule has 2 aromatic rings. The molecule has 0 saturated heterocycles. The van der Waals surface area contributed by atoms with Gasteiger partial charge in [-0.05, 0) is 18.2 Å². The SMILES string of the molecule is Fc1cc(F)cc(OCCOc2cccc(Br)c2)c1. The molecule has 0 heterocycles. The second kappa shape index (κ2) is 6.52. The van der Waals surface area contributed by atoms with Crippen molar-refractivity contribution >= 4 is 15.9 Å². The maximum atomic E-state index is 12.9. The van der Waals surface area contributed by atoms with Crippen LogP contribution in [0.4, 0.5) is 8.78 Å². The van der Waals surface area contributed by atoms with E-state index in [2.05, 4.69) is 15.9 Å². The Kier molecular flexibility index (Phi) is 4.74. The van der Waals surface area contributed by atoms with Crippen molar-refractivity contribution in [3.8, 4) is 11.5 Å². The minimum atomic E-state index is -0.664. The summed E-state index contributed by atoms with van der Waals surface area (Å²) in [6.45, 7) is 0.490. The van der Waals surface area contributed by atoms with E-state index in [1.807, 2.05) is 24.3 Å². The van der Waals surface area contributed by atoms with Gasteiger partial charge in [-0.3, -0.25) is 0 Å². The Morgan fingerprint density at radius 2 is 1.47 bits per heavy atom. The molecule has 0 aliphatic carbocycles. The van der Waals surface area contributed by atoms with Crippen LogP contribution in [0, 0.1) is 11.6 Å². The maximum Gasteiger partial charge on any atom is 0.129 e. The lowest BCUT2D eigenvalue weighted by atomic mass is 10.3. The van der Waals surface area contributed by atoms with Crippen molar-refractivity contribution in [2.24, 2.45) is 0 Å². The van der Waals surface area contributed by atoms with Gasteiger partial charge in [-0.15, -0.1) is 0 Å². The zero-order valence-electron chi connectivity index (χ0n) is 9.91. The van der Waals surface area contributed by atoms with E-state index in [-0.39, 0.29) is 19.0 Å². The summed E-state index contributed by atoms with van der Waals surface area (Å²) in [4.78, 5) is 0. The Labute approximate surface area is 118 Å². The summed E-state index contributed by atoms with van der Waals surface area (Å²) in [7, 11) is 0. The van der Waals surface area contributed by atoms with E-state index in [1.54, 1.807) is 0 Å². The Hall–Kier alpha value is -1.62. The van der Waals surface area contributed by atoms with E-state index in [0.717, 1.165) is 22.7 Å². The summed E-state index contributed by atoms with van der Waals surface area (Å²) in [6.07, 6.45) is 0. The maximum absolute atomic E-state index is 12.9. The van der Waals surface area contributed by atoms with Gasteiger partial charge in [-0.25, -0.2) is 8.78 Å². The van der Waals surface area contributed by atoms with Gasteiger partial charge in [0, 0.05) is 22.7 Å². The van der Waals surface area contributed by atoms with E-state index in [1.165, 1.54) is 0 Å². The Balaban J connectivity index is 1.80. The third-order valence-electron chi connectivity index (χ3n) is 2.25. The second-order valence-electron chi connectivity index (χ2n) is 3.76. The molecule has 100 valence electrons. The Morgan fingerprint density at radius 3 is 2.11 bits per heavy atom. The molecular weight excluding hydrogens is 318 g/mol. The molecule has 0 aliphatic heterocycles. The van der Waals surface area contributed by atoms with Crippen molar-refractivity contribution in [1.29, 1.82) is 0 Å². The van der Waals surface area contributed by atoms with Crippen LogP contribution in [-0.4, -0.2) is 13.2 Å². The number of ether oxygens (including phenoxy) is 2. The molecule has 0 unspecified atom stereocenters. The number of rotatable bonds is 5. The highest BCUT2D eigenvalue weighted by Gasteiger charge is 2.01. The largest absolute Gasteiger partial charge is 0.490 e. The van der Waals surface area contributed by atoms with Gasteiger partial charge in [0.15, 0.2) is 0 Å². The first-order chi connectivity index (χ1) is 9.13. The van der Waals surface area contributed by atoms with Crippen molar-refractivity contribution in [3.63, 3.8) is 0 Å². The van der Waals surface area contributed by atoms with Gasteiger partial charge in [-0.2, -0.15) is 0 Å². The van der Waals surface area contributed by atoms with Crippen LogP contribution in [0.2, 0.25) is 0 Å². The zero-order valence-corrected chi connectivity index (χ0v) is 11.5. The molecule has 0 radical (unpaired) electrons. The van der Waals surface area contributed by atoms with Gasteiger partial charge in [-0.1, -0.05) is 22.0 Å². The van der Waals surface area contributed by atoms with Crippen molar-refractivity contribution < 1.29 is 18.3 Å². The predicted molar refractivity (Wildman–Crippen MR) is 71.5 cm³/mol. The summed E-state index contributed by atoms with van der Waals surface area (Å²) in [5.41, 5.74) is 0. The molecule has 2 aromatic carbocycles. The molecule has 0 N–H and O–H groups in total. The van der Waals surface area contributed by atoms with Crippen LogP contribution in [0.15, 0.2) is 46.9 Å². The molecule has 2 nitrogen and oxygen atoms in total. The third-order valence-corrected chi connectivity index (χ3v) is 2.75. The molecule has 0 amide bonds. The fourth-order valence-corrected chi connectivity index (χ4v) is 1.87. The quantitative estimate of drug-likeness (QED) is 0.766. The summed E-state index contributed by atoms with van der Waals surface area (Å²) in [5, 5.41) is 0. The highest BCUT2D eigenvalue weighted by molar-refractivity contribution is 9.10. The van der Waals surface area contributed by atoms with Gasteiger partial charge in [0.25, 0.3) is 0 Å². The zero-order chi connectivity index (χ0) is 13.7. The number of hydrogen-bond donors (Lipinski definition) is 0. The molecule has 0 aromatic heterocycles. The lowest BCUT2D eigenvalue weighted by Crippen LogP contribution is -2.09.